The first-order valence-corrected chi connectivity index (χ1v) is 10.2. The SMILES string of the molecule is CN1C(=O)c2ccc(-c3cccnc3)cc2O[C@H]2CN(C(=O)N3CCOCC3)C[C@H]21. The van der Waals surface area contributed by atoms with Gasteiger partial charge in [-0.05, 0) is 23.8 Å². The van der Waals surface area contributed by atoms with E-state index < -0.39 is 0 Å². The number of aromatic nitrogens is 1. The van der Waals surface area contributed by atoms with E-state index in [0.29, 0.717) is 50.7 Å². The first-order chi connectivity index (χ1) is 14.6. The number of urea groups is 1. The Kier molecular flexibility index (Phi) is 4.78. The highest BCUT2D eigenvalue weighted by Gasteiger charge is 2.44. The van der Waals surface area contributed by atoms with Crippen LogP contribution < -0.4 is 4.74 Å². The summed E-state index contributed by atoms with van der Waals surface area (Å²) in [6.45, 7) is 3.23. The maximum absolute atomic E-state index is 13.1. The van der Waals surface area contributed by atoms with E-state index in [1.807, 2.05) is 35.2 Å². The van der Waals surface area contributed by atoms with Crippen molar-refractivity contribution in [3.05, 3.63) is 48.3 Å². The van der Waals surface area contributed by atoms with Gasteiger partial charge in [0.05, 0.1) is 31.4 Å². The molecule has 8 nitrogen and oxygen atoms in total. The second-order valence-electron chi connectivity index (χ2n) is 7.88. The van der Waals surface area contributed by atoms with Crippen LogP contribution in [0.5, 0.6) is 5.75 Å². The second-order valence-corrected chi connectivity index (χ2v) is 7.88. The predicted molar refractivity (Wildman–Crippen MR) is 109 cm³/mol. The van der Waals surface area contributed by atoms with Crippen LogP contribution in [0.3, 0.4) is 0 Å². The van der Waals surface area contributed by atoms with Gasteiger partial charge in [-0.25, -0.2) is 4.79 Å². The number of carbonyl (C=O) groups excluding carboxylic acids is 2. The van der Waals surface area contributed by atoms with Gasteiger partial charge in [0.2, 0.25) is 0 Å². The van der Waals surface area contributed by atoms with Crippen molar-refractivity contribution in [1.29, 1.82) is 0 Å². The zero-order chi connectivity index (χ0) is 20.7. The number of benzene rings is 1. The predicted octanol–water partition coefficient (Wildman–Crippen LogP) is 1.72. The molecule has 0 unspecified atom stereocenters. The fourth-order valence-electron chi connectivity index (χ4n) is 4.37. The monoisotopic (exact) mass is 408 g/mol. The third-order valence-corrected chi connectivity index (χ3v) is 6.09. The first-order valence-electron chi connectivity index (χ1n) is 10.2. The van der Waals surface area contributed by atoms with Crippen molar-refractivity contribution >= 4 is 11.9 Å². The number of morpholine rings is 1. The van der Waals surface area contributed by atoms with Crippen molar-refractivity contribution in [3.8, 4) is 16.9 Å². The molecule has 1 aromatic heterocycles. The van der Waals surface area contributed by atoms with Gasteiger partial charge in [-0.2, -0.15) is 0 Å². The van der Waals surface area contributed by atoms with E-state index in [0.717, 1.165) is 11.1 Å². The van der Waals surface area contributed by atoms with Gasteiger partial charge < -0.3 is 24.2 Å². The van der Waals surface area contributed by atoms with E-state index in [2.05, 4.69) is 4.98 Å². The van der Waals surface area contributed by atoms with Gasteiger partial charge in [0, 0.05) is 44.6 Å². The molecule has 0 N–H and O–H groups in total. The Labute approximate surface area is 175 Å². The summed E-state index contributed by atoms with van der Waals surface area (Å²) in [6.07, 6.45) is 3.24. The van der Waals surface area contributed by atoms with Crippen molar-refractivity contribution in [1.82, 2.24) is 19.7 Å². The molecule has 2 fully saturated rings. The van der Waals surface area contributed by atoms with Crippen LogP contribution >= 0.6 is 0 Å². The van der Waals surface area contributed by atoms with Crippen LogP contribution in [0.15, 0.2) is 42.7 Å². The Morgan fingerprint density at radius 3 is 2.70 bits per heavy atom. The van der Waals surface area contributed by atoms with E-state index in [4.69, 9.17) is 9.47 Å². The molecule has 0 bridgehead atoms. The average molecular weight is 408 g/mol. The van der Waals surface area contributed by atoms with Gasteiger partial charge in [-0.15, -0.1) is 0 Å². The normalized spacial score (nSPS) is 23.5. The van der Waals surface area contributed by atoms with Crippen molar-refractivity contribution in [3.63, 3.8) is 0 Å². The summed E-state index contributed by atoms with van der Waals surface area (Å²) in [4.78, 5) is 35.5. The number of pyridine rings is 1. The summed E-state index contributed by atoms with van der Waals surface area (Å²) < 4.78 is 11.7. The molecule has 2 aromatic rings. The molecule has 5 rings (SSSR count). The lowest BCUT2D eigenvalue weighted by atomic mass is 10.0. The van der Waals surface area contributed by atoms with Crippen LogP contribution in [0.1, 0.15) is 10.4 Å². The number of hydrogen-bond acceptors (Lipinski definition) is 5. The lowest BCUT2D eigenvalue weighted by Gasteiger charge is -2.31. The molecule has 3 aliphatic rings. The van der Waals surface area contributed by atoms with Crippen LogP contribution in [0.2, 0.25) is 0 Å². The number of rotatable bonds is 1. The van der Waals surface area contributed by atoms with Crippen LogP contribution in [-0.4, -0.2) is 90.2 Å². The van der Waals surface area contributed by atoms with Gasteiger partial charge in [0.1, 0.15) is 11.9 Å². The van der Waals surface area contributed by atoms with Crippen molar-refractivity contribution < 1.29 is 19.1 Å². The molecule has 2 saturated heterocycles. The topological polar surface area (TPSA) is 75.2 Å². The quantitative estimate of drug-likeness (QED) is 0.718. The van der Waals surface area contributed by atoms with Crippen LogP contribution in [-0.2, 0) is 4.74 Å². The molecule has 30 heavy (non-hydrogen) atoms. The van der Waals surface area contributed by atoms with Crippen LogP contribution in [0, 0.1) is 0 Å². The van der Waals surface area contributed by atoms with Crippen molar-refractivity contribution in [2.75, 3.05) is 46.4 Å². The molecular weight excluding hydrogens is 384 g/mol. The molecule has 3 amide bonds. The average Bonchev–Trinajstić information content (AvgIpc) is 3.18. The fraction of sp³-hybridized carbons (Fsp3) is 0.409. The van der Waals surface area contributed by atoms with Gasteiger partial charge in [-0.1, -0.05) is 12.1 Å². The van der Waals surface area contributed by atoms with Crippen LogP contribution in [0.25, 0.3) is 11.1 Å². The molecule has 4 heterocycles. The standard InChI is InChI=1S/C22H24N4O4/c1-24-18-13-26(22(28)25-7-9-29-10-8-25)14-20(18)30-19-11-15(4-5-17(19)21(24)27)16-3-2-6-23-12-16/h2-6,11-12,18,20H,7-10,13-14H2,1H3/t18-,20+/m1/s1. The smallest absolute Gasteiger partial charge is 0.320 e. The number of likely N-dealkylation sites (N-methyl/N-ethyl adjacent to an activating group) is 1. The Morgan fingerprint density at radius 1 is 1.10 bits per heavy atom. The highest BCUT2D eigenvalue weighted by Crippen LogP contribution is 2.34. The number of hydrogen-bond donors (Lipinski definition) is 0. The lowest BCUT2D eigenvalue weighted by Crippen LogP contribution is -2.48. The number of nitrogens with zero attached hydrogens (tertiary/aromatic N) is 4. The Hall–Kier alpha value is -3.13. The molecule has 0 saturated carbocycles. The van der Waals surface area contributed by atoms with Gasteiger partial charge in [0.25, 0.3) is 5.91 Å². The van der Waals surface area contributed by atoms with Gasteiger partial charge in [0.15, 0.2) is 0 Å². The summed E-state index contributed by atoms with van der Waals surface area (Å²) in [5.74, 6) is 0.470. The first kappa shape index (κ1) is 18.9. The third-order valence-electron chi connectivity index (χ3n) is 6.09. The lowest BCUT2D eigenvalue weighted by molar-refractivity contribution is 0.0441. The van der Waals surface area contributed by atoms with Crippen LogP contribution in [0.4, 0.5) is 4.79 Å². The number of likely N-dealkylation sites (tertiary alicyclic amines) is 1. The highest BCUT2D eigenvalue weighted by atomic mass is 16.5. The molecule has 8 heteroatoms. The molecule has 0 spiro atoms. The van der Waals surface area contributed by atoms with E-state index in [1.54, 1.807) is 29.2 Å². The number of ether oxygens (including phenoxy) is 2. The van der Waals surface area contributed by atoms with Crippen molar-refractivity contribution in [2.24, 2.45) is 0 Å². The molecular formula is C22H24N4O4. The molecule has 1 aromatic carbocycles. The summed E-state index contributed by atoms with van der Waals surface area (Å²) in [7, 11) is 1.79. The number of amides is 3. The number of fused-ring (bicyclic) bond motifs is 2. The Morgan fingerprint density at radius 2 is 1.93 bits per heavy atom. The molecule has 156 valence electrons. The molecule has 2 atom stereocenters. The highest BCUT2D eigenvalue weighted by molar-refractivity contribution is 5.98. The minimum absolute atomic E-state index is 0.0137. The maximum atomic E-state index is 13.1. The van der Waals surface area contributed by atoms with Gasteiger partial charge >= 0.3 is 6.03 Å². The minimum atomic E-state index is -0.269. The molecule has 3 aliphatic heterocycles. The zero-order valence-electron chi connectivity index (χ0n) is 16.9. The molecule has 0 radical (unpaired) electrons. The summed E-state index contributed by atoms with van der Waals surface area (Å²) in [5, 5.41) is 0. The number of carbonyl (C=O) groups is 2. The second kappa shape index (κ2) is 7.60. The maximum Gasteiger partial charge on any atom is 0.320 e. The summed E-state index contributed by atoms with van der Waals surface area (Å²) >= 11 is 0. The Balaban J connectivity index is 1.41. The fourth-order valence-corrected chi connectivity index (χ4v) is 4.37. The van der Waals surface area contributed by atoms with E-state index in [1.165, 1.54) is 0 Å². The zero-order valence-corrected chi connectivity index (χ0v) is 16.9. The van der Waals surface area contributed by atoms with E-state index in [-0.39, 0.29) is 24.1 Å². The summed E-state index contributed by atoms with van der Waals surface area (Å²) in [6, 6.07) is 9.28. The van der Waals surface area contributed by atoms with E-state index in [9.17, 15) is 9.59 Å². The van der Waals surface area contributed by atoms with E-state index >= 15 is 0 Å². The third kappa shape index (κ3) is 3.27. The summed E-state index contributed by atoms with van der Waals surface area (Å²) in [5.41, 5.74) is 2.45. The Bertz CT molecular complexity index is 961. The minimum Gasteiger partial charge on any atom is -0.485 e. The van der Waals surface area contributed by atoms with Crippen molar-refractivity contribution in [2.45, 2.75) is 12.1 Å². The van der Waals surface area contributed by atoms with Gasteiger partial charge in [-0.3, -0.25) is 9.78 Å². The molecule has 0 aliphatic carbocycles. The largest absolute Gasteiger partial charge is 0.485 e.